The third kappa shape index (κ3) is 4.91. The molecule has 0 N–H and O–H groups in total. The molecule has 0 saturated carbocycles. The number of rotatable bonds is 4. The smallest absolute Gasteiger partial charge is 0.246 e. The van der Waals surface area contributed by atoms with E-state index in [9.17, 15) is 4.79 Å². The Morgan fingerprint density at radius 2 is 2.00 bits per heavy atom. The largest absolute Gasteiger partial charge is 0.373 e. The molecule has 1 amide bonds. The van der Waals surface area contributed by atoms with Crippen LogP contribution in [0.3, 0.4) is 0 Å². The number of nitrogens with zero attached hydrogens (tertiary/aromatic N) is 2. The van der Waals surface area contributed by atoms with Crippen molar-refractivity contribution in [3.8, 4) is 0 Å². The summed E-state index contributed by atoms with van der Waals surface area (Å²) in [5, 5.41) is 4.09. The van der Waals surface area contributed by atoms with Gasteiger partial charge in [-0.3, -0.25) is 9.69 Å². The number of likely N-dealkylation sites (tertiary alicyclic amines) is 1. The van der Waals surface area contributed by atoms with Gasteiger partial charge < -0.3 is 9.64 Å². The van der Waals surface area contributed by atoms with Crippen molar-refractivity contribution in [3.05, 3.63) is 28.5 Å². The van der Waals surface area contributed by atoms with Crippen LogP contribution in [0, 0.1) is 5.92 Å². The Bertz CT molecular complexity index is 540. The standard InChI is InChI=1S/C19H28N2O2S/c1-15-11-20(12-16(2)23-15)13-17-5-8-21(9-6-17)19(22)4-3-18-7-10-24-14-18/h3-4,7,10,14-17H,5-6,8-9,11-13H2,1-2H3/b4-3-/t15-,16-/m1/s1. The highest BCUT2D eigenvalue weighted by atomic mass is 32.1. The maximum absolute atomic E-state index is 12.3. The second-order valence-electron chi connectivity index (χ2n) is 7.13. The van der Waals surface area contributed by atoms with Crippen LogP contribution in [-0.4, -0.2) is 60.6 Å². The van der Waals surface area contributed by atoms with E-state index >= 15 is 0 Å². The number of carbonyl (C=O) groups excluding carboxylic acids is 1. The minimum atomic E-state index is 0.147. The van der Waals surface area contributed by atoms with Gasteiger partial charge in [-0.2, -0.15) is 11.3 Å². The molecule has 1 aromatic heterocycles. The van der Waals surface area contributed by atoms with Crippen LogP contribution in [0.4, 0.5) is 0 Å². The van der Waals surface area contributed by atoms with Crippen molar-refractivity contribution in [1.82, 2.24) is 9.80 Å². The second-order valence-corrected chi connectivity index (χ2v) is 7.91. The highest BCUT2D eigenvalue weighted by Gasteiger charge is 2.27. The quantitative estimate of drug-likeness (QED) is 0.784. The number of piperidine rings is 1. The molecular weight excluding hydrogens is 320 g/mol. The Morgan fingerprint density at radius 3 is 2.62 bits per heavy atom. The van der Waals surface area contributed by atoms with Gasteiger partial charge in [0.1, 0.15) is 0 Å². The van der Waals surface area contributed by atoms with Crippen LogP contribution in [0.2, 0.25) is 0 Å². The maximum atomic E-state index is 12.3. The highest BCUT2D eigenvalue weighted by Crippen LogP contribution is 2.21. The number of carbonyl (C=O) groups is 1. The van der Waals surface area contributed by atoms with E-state index in [4.69, 9.17) is 4.74 Å². The molecule has 2 aliphatic rings. The van der Waals surface area contributed by atoms with E-state index in [1.165, 1.54) is 0 Å². The first kappa shape index (κ1) is 17.6. The van der Waals surface area contributed by atoms with Crippen molar-refractivity contribution < 1.29 is 9.53 Å². The Balaban J connectivity index is 1.43. The summed E-state index contributed by atoms with van der Waals surface area (Å²) in [5.41, 5.74) is 1.11. The summed E-state index contributed by atoms with van der Waals surface area (Å²) in [7, 11) is 0. The van der Waals surface area contributed by atoms with Gasteiger partial charge in [-0.05, 0) is 61.1 Å². The van der Waals surface area contributed by atoms with E-state index in [-0.39, 0.29) is 5.91 Å². The number of ether oxygens (including phenoxy) is 1. The number of hydrogen-bond acceptors (Lipinski definition) is 4. The molecule has 4 nitrogen and oxygen atoms in total. The summed E-state index contributed by atoms with van der Waals surface area (Å²) >= 11 is 1.65. The predicted octanol–water partition coefficient (Wildman–Crippen LogP) is 3.11. The zero-order chi connectivity index (χ0) is 16.9. The topological polar surface area (TPSA) is 32.8 Å². The summed E-state index contributed by atoms with van der Waals surface area (Å²) in [4.78, 5) is 16.8. The molecule has 0 aromatic carbocycles. The van der Waals surface area contributed by atoms with Crippen LogP contribution >= 0.6 is 11.3 Å². The van der Waals surface area contributed by atoms with Gasteiger partial charge in [0.25, 0.3) is 0 Å². The molecule has 2 atom stereocenters. The molecule has 0 spiro atoms. The van der Waals surface area contributed by atoms with Gasteiger partial charge in [0, 0.05) is 38.8 Å². The molecule has 2 saturated heterocycles. The summed E-state index contributed by atoms with van der Waals surface area (Å²) in [6.07, 6.45) is 6.51. The third-order valence-corrected chi connectivity index (χ3v) is 5.60. The van der Waals surface area contributed by atoms with Crippen molar-refractivity contribution in [2.24, 2.45) is 5.92 Å². The number of thiophene rings is 1. The van der Waals surface area contributed by atoms with Crippen LogP contribution in [0.25, 0.3) is 6.08 Å². The lowest BCUT2D eigenvalue weighted by Crippen LogP contribution is -2.48. The van der Waals surface area contributed by atoms with Gasteiger partial charge in [0.2, 0.25) is 5.91 Å². The van der Waals surface area contributed by atoms with Gasteiger partial charge in [-0.25, -0.2) is 0 Å². The van der Waals surface area contributed by atoms with E-state index in [0.29, 0.717) is 18.1 Å². The lowest BCUT2D eigenvalue weighted by molar-refractivity contribution is -0.127. The summed E-state index contributed by atoms with van der Waals surface area (Å²) < 4.78 is 5.81. The molecule has 1 aromatic rings. The maximum Gasteiger partial charge on any atom is 0.246 e. The molecule has 2 aliphatic heterocycles. The van der Waals surface area contributed by atoms with E-state index in [0.717, 1.165) is 51.1 Å². The Kier molecular flexibility index (Phi) is 6.09. The molecule has 24 heavy (non-hydrogen) atoms. The van der Waals surface area contributed by atoms with Gasteiger partial charge >= 0.3 is 0 Å². The van der Waals surface area contributed by atoms with E-state index in [1.54, 1.807) is 17.4 Å². The van der Waals surface area contributed by atoms with Crippen molar-refractivity contribution >= 4 is 23.3 Å². The van der Waals surface area contributed by atoms with Crippen LogP contribution in [0.15, 0.2) is 22.9 Å². The van der Waals surface area contributed by atoms with Crippen molar-refractivity contribution in [3.63, 3.8) is 0 Å². The Hall–Kier alpha value is -1.17. The highest BCUT2D eigenvalue weighted by molar-refractivity contribution is 7.08. The molecule has 5 heteroatoms. The molecular formula is C19H28N2O2S. The minimum Gasteiger partial charge on any atom is -0.373 e. The lowest BCUT2D eigenvalue weighted by Gasteiger charge is -2.39. The predicted molar refractivity (Wildman–Crippen MR) is 99.1 cm³/mol. The SMILES string of the molecule is C[C@@H]1CN(CC2CCN(C(=O)/C=C\c3ccsc3)CC2)C[C@@H](C)O1. The summed E-state index contributed by atoms with van der Waals surface area (Å²) in [6, 6.07) is 2.03. The van der Waals surface area contributed by atoms with Gasteiger partial charge in [-0.15, -0.1) is 0 Å². The summed E-state index contributed by atoms with van der Waals surface area (Å²) in [6.45, 7) is 9.29. The first-order valence-corrected chi connectivity index (χ1v) is 9.91. The molecule has 0 radical (unpaired) electrons. The van der Waals surface area contributed by atoms with Crippen LogP contribution < -0.4 is 0 Å². The van der Waals surface area contributed by atoms with E-state index in [2.05, 4.69) is 24.1 Å². The fourth-order valence-corrected chi connectivity index (χ4v) is 4.41. The lowest BCUT2D eigenvalue weighted by atomic mass is 9.95. The van der Waals surface area contributed by atoms with Crippen molar-refractivity contribution in [2.75, 3.05) is 32.7 Å². The molecule has 0 aliphatic carbocycles. The molecule has 2 fully saturated rings. The molecule has 3 heterocycles. The van der Waals surface area contributed by atoms with E-state index in [1.807, 2.05) is 22.4 Å². The Morgan fingerprint density at radius 1 is 1.29 bits per heavy atom. The average Bonchev–Trinajstić information content (AvgIpc) is 3.06. The Labute approximate surface area is 149 Å². The van der Waals surface area contributed by atoms with Crippen LogP contribution in [0.1, 0.15) is 32.3 Å². The van der Waals surface area contributed by atoms with Crippen LogP contribution in [-0.2, 0) is 9.53 Å². The fourth-order valence-electron chi connectivity index (χ4n) is 3.78. The number of morpholine rings is 1. The van der Waals surface area contributed by atoms with Gasteiger partial charge in [0.15, 0.2) is 0 Å². The van der Waals surface area contributed by atoms with Crippen molar-refractivity contribution in [1.29, 1.82) is 0 Å². The molecule has 3 rings (SSSR count). The summed E-state index contributed by atoms with van der Waals surface area (Å²) in [5.74, 6) is 0.848. The van der Waals surface area contributed by atoms with Gasteiger partial charge in [-0.1, -0.05) is 0 Å². The normalized spacial score (nSPS) is 27.0. The minimum absolute atomic E-state index is 0.147. The monoisotopic (exact) mass is 348 g/mol. The van der Waals surface area contributed by atoms with Crippen molar-refractivity contribution in [2.45, 2.75) is 38.9 Å². The number of amides is 1. The molecule has 132 valence electrons. The first-order chi connectivity index (χ1) is 11.6. The van der Waals surface area contributed by atoms with Gasteiger partial charge in [0.05, 0.1) is 12.2 Å². The first-order valence-electron chi connectivity index (χ1n) is 8.97. The molecule has 0 unspecified atom stereocenters. The van der Waals surface area contributed by atoms with E-state index < -0.39 is 0 Å². The zero-order valence-electron chi connectivity index (χ0n) is 14.7. The average molecular weight is 349 g/mol. The second kappa shape index (κ2) is 8.28. The number of hydrogen-bond donors (Lipinski definition) is 0. The zero-order valence-corrected chi connectivity index (χ0v) is 15.5. The van der Waals surface area contributed by atoms with Crippen LogP contribution in [0.5, 0.6) is 0 Å². The molecule has 0 bridgehead atoms. The third-order valence-electron chi connectivity index (χ3n) is 4.90. The fraction of sp³-hybridized carbons (Fsp3) is 0.632.